The van der Waals surface area contributed by atoms with Crippen LogP contribution in [0.3, 0.4) is 0 Å². The summed E-state index contributed by atoms with van der Waals surface area (Å²) in [5.41, 5.74) is 1.75. The maximum Gasteiger partial charge on any atom is 0.274 e. The Morgan fingerprint density at radius 2 is 1.83 bits per heavy atom. The summed E-state index contributed by atoms with van der Waals surface area (Å²) in [6.07, 6.45) is 3.78. The number of aromatic nitrogens is 3. The molecular weight excluding hydrogens is 478 g/mol. The van der Waals surface area contributed by atoms with Gasteiger partial charge in [-0.05, 0) is 43.9 Å². The van der Waals surface area contributed by atoms with E-state index < -0.39 is 0 Å². The van der Waals surface area contributed by atoms with Gasteiger partial charge in [-0.3, -0.25) is 4.79 Å². The number of amides is 1. The lowest BCUT2D eigenvalue weighted by Gasteiger charge is -2.29. The van der Waals surface area contributed by atoms with Crippen LogP contribution in [0, 0.1) is 0 Å². The summed E-state index contributed by atoms with van der Waals surface area (Å²) in [6, 6.07) is 7.45. The number of piperidine rings is 1. The van der Waals surface area contributed by atoms with E-state index in [1.807, 2.05) is 23.1 Å². The number of carbonyl (C=O) groups is 1. The fourth-order valence-corrected chi connectivity index (χ4v) is 6.03. The highest BCUT2D eigenvalue weighted by Crippen LogP contribution is 2.35. The third-order valence-electron chi connectivity index (χ3n) is 6.99. The molecule has 1 amide bonds. The number of aliphatic hydroxyl groups excluding tert-OH is 1. The topological polar surface area (TPSA) is 107 Å². The van der Waals surface area contributed by atoms with Crippen LogP contribution >= 0.6 is 11.3 Å². The fourth-order valence-electron chi connectivity index (χ4n) is 5.03. The monoisotopic (exact) mass is 509 g/mol. The summed E-state index contributed by atoms with van der Waals surface area (Å²) in [4.78, 5) is 34.2. The first-order valence-corrected chi connectivity index (χ1v) is 13.6. The standard InChI is InChI=1S/C25H31N7O3S/c33-17-7-10-32(16-17)21-6-4-5-18(26-21)24(34)27-19-15-20-22(28-23(19)30-8-2-1-3-9-30)29-25(36-20)31-11-13-35-14-12-31/h4-6,15,17,33H,1-3,7-14,16H2,(H,27,34). The fraction of sp³-hybridized carbons (Fsp3) is 0.520. The summed E-state index contributed by atoms with van der Waals surface area (Å²) in [7, 11) is 0. The van der Waals surface area contributed by atoms with Gasteiger partial charge in [-0.25, -0.2) is 9.97 Å². The molecule has 3 aliphatic heterocycles. The number of thiazole rings is 1. The first-order chi connectivity index (χ1) is 17.6. The highest BCUT2D eigenvalue weighted by Gasteiger charge is 2.24. The molecule has 3 fully saturated rings. The molecule has 11 heteroatoms. The van der Waals surface area contributed by atoms with Crippen molar-refractivity contribution in [3.05, 3.63) is 30.0 Å². The number of anilines is 4. The molecule has 0 spiro atoms. The Morgan fingerprint density at radius 1 is 1.00 bits per heavy atom. The largest absolute Gasteiger partial charge is 0.391 e. The normalized spacial score (nSPS) is 20.8. The van der Waals surface area contributed by atoms with Gasteiger partial charge in [-0.1, -0.05) is 17.4 Å². The van der Waals surface area contributed by atoms with Crippen LogP contribution in [0.4, 0.5) is 22.5 Å². The Bertz CT molecular complexity index is 1240. The molecule has 6 rings (SSSR count). The van der Waals surface area contributed by atoms with Gasteiger partial charge < -0.3 is 29.9 Å². The van der Waals surface area contributed by atoms with Crippen molar-refractivity contribution in [2.75, 3.05) is 72.5 Å². The average Bonchev–Trinajstić information content (AvgIpc) is 3.55. The van der Waals surface area contributed by atoms with Gasteiger partial charge in [0.2, 0.25) is 0 Å². The van der Waals surface area contributed by atoms with Gasteiger partial charge in [0.25, 0.3) is 5.91 Å². The maximum atomic E-state index is 13.3. The summed E-state index contributed by atoms with van der Waals surface area (Å²) < 4.78 is 6.43. The Hall–Kier alpha value is -3.02. The molecule has 190 valence electrons. The molecule has 1 unspecified atom stereocenters. The lowest BCUT2D eigenvalue weighted by atomic mass is 10.1. The van der Waals surface area contributed by atoms with E-state index in [0.29, 0.717) is 49.0 Å². The molecule has 10 nitrogen and oxygen atoms in total. The van der Waals surface area contributed by atoms with Crippen LogP contribution in [0.5, 0.6) is 0 Å². The molecule has 0 saturated carbocycles. The van der Waals surface area contributed by atoms with Gasteiger partial charge in [0.15, 0.2) is 16.6 Å². The summed E-state index contributed by atoms with van der Waals surface area (Å²) in [5.74, 6) is 1.21. The Kier molecular flexibility index (Phi) is 6.60. The first kappa shape index (κ1) is 23.4. The second-order valence-corrected chi connectivity index (χ2v) is 10.6. The third kappa shape index (κ3) is 4.82. The molecule has 0 radical (unpaired) electrons. The molecule has 0 bridgehead atoms. The van der Waals surface area contributed by atoms with Crippen molar-refractivity contribution in [2.24, 2.45) is 0 Å². The minimum absolute atomic E-state index is 0.270. The summed E-state index contributed by atoms with van der Waals surface area (Å²) in [5, 5.41) is 13.9. The van der Waals surface area contributed by atoms with E-state index in [0.717, 1.165) is 61.2 Å². The molecule has 2 N–H and O–H groups in total. The molecule has 3 aliphatic rings. The molecular formula is C25H31N7O3S. The zero-order chi connectivity index (χ0) is 24.5. The molecule has 6 heterocycles. The predicted molar refractivity (Wildman–Crippen MR) is 142 cm³/mol. The third-order valence-corrected chi connectivity index (χ3v) is 8.04. The minimum atomic E-state index is -0.351. The molecule has 36 heavy (non-hydrogen) atoms. The molecule has 0 aliphatic carbocycles. The van der Waals surface area contributed by atoms with Crippen molar-refractivity contribution in [3.63, 3.8) is 0 Å². The lowest BCUT2D eigenvalue weighted by molar-refractivity contribution is 0.102. The van der Waals surface area contributed by atoms with Gasteiger partial charge in [0, 0.05) is 39.3 Å². The van der Waals surface area contributed by atoms with E-state index in [4.69, 9.17) is 14.7 Å². The number of ether oxygens (including phenoxy) is 1. The summed E-state index contributed by atoms with van der Waals surface area (Å²) >= 11 is 1.60. The Labute approximate surface area is 213 Å². The SMILES string of the molecule is O=C(Nc1cc2sc(N3CCOCC3)nc2nc1N1CCCCC1)c1cccc(N2CCC(O)C2)n1. The highest BCUT2D eigenvalue weighted by atomic mass is 32.1. The van der Waals surface area contributed by atoms with E-state index in [1.54, 1.807) is 17.4 Å². The Balaban J connectivity index is 1.30. The number of morpholine rings is 1. The smallest absolute Gasteiger partial charge is 0.274 e. The number of hydrogen-bond acceptors (Lipinski definition) is 10. The van der Waals surface area contributed by atoms with Crippen molar-refractivity contribution >= 4 is 50.0 Å². The van der Waals surface area contributed by atoms with Crippen molar-refractivity contribution in [2.45, 2.75) is 31.8 Å². The van der Waals surface area contributed by atoms with Gasteiger partial charge in [-0.15, -0.1) is 0 Å². The number of rotatable bonds is 5. The molecule has 3 aromatic heterocycles. The zero-order valence-corrected chi connectivity index (χ0v) is 21.0. The molecule has 3 aromatic rings. The van der Waals surface area contributed by atoms with Crippen LogP contribution in [0.15, 0.2) is 24.3 Å². The van der Waals surface area contributed by atoms with Crippen molar-refractivity contribution in [3.8, 4) is 0 Å². The zero-order valence-electron chi connectivity index (χ0n) is 20.2. The molecule has 3 saturated heterocycles. The van der Waals surface area contributed by atoms with E-state index in [1.165, 1.54) is 6.42 Å². The van der Waals surface area contributed by atoms with Gasteiger partial charge in [-0.2, -0.15) is 4.98 Å². The van der Waals surface area contributed by atoms with Crippen LogP contribution < -0.4 is 20.0 Å². The lowest BCUT2D eigenvalue weighted by Crippen LogP contribution is -2.36. The van der Waals surface area contributed by atoms with Crippen LogP contribution in [0.25, 0.3) is 10.3 Å². The highest BCUT2D eigenvalue weighted by molar-refractivity contribution is 7.22. The summed E-state index contributed by atoms with van der Waals surface area (Å²) in [6.45, 7) is 6.12. The molecule has 0 aromatic carbocycles. The van der Waals surface area contributed by atoms with Crippen LogP contribution in [-0.2, 0) is 4.74 Å². The van der Waals surface area contributed by atoms with Crippen molar-refractivity contribution in [1.29, 1.82) is 0 Å². The van der Waals surface area contributed by atoms with Crippen LogP contribution in [-0.4, -0.2) is 84.6 Å². The van der Waals surface area contributed by atoms with E-state index in [2.05, 4.69) is 20.1 Å². The number of nitrogens with zero attached hydrogens (tertiary/aromatic N) is 6. The number of nitrogens with one attached hydrogen (secondary N) is 1. The van der Waals surface area contributed by atoms with Gasteiger partial charge in [0.05, 0.1) is 29.7 Å². The van der Waals surface area contributed by atoms with E-state index >= 15 is 0 Å². The first-order valence-electron chi connectivity index (χ1n) is 12.7. The second kappa shape index (κ2) is 10.2. The Morgan fingerprint density at radius 3 is 2.61 bits per heavy atom. The quantitative estimate of drug-likeness (QED) is 0.537. The number of fused-ring (bicyclic) bond motifs is 1. The van der Waals surface area contributed by atoms with Crippen molar-refractivity contribution < 1.29 is 14.6 Å². The van der Waals surface area contributed by atoms with Crippen LogP contribution in [0.2, 0.25) is 0 Å². The second-order valence-electron chi connectivity index (χ2n) is 9.55. The number of hydrogen-bond donors (Lipinski definition) is 2. The predicted octanol–water partition coefficient (Wildman–Crippen LogP) is 2.74. The van der Waals surface area contributed by atoms with Gasteiger partial charge >= 0.3 is 0 Å². The maximum absolute atomic E-state index is 13.3. The van der Waals surface area contributed by atoms with E-state index in [9.17, 15) is 9.90 Å². The minimum Gasteiger partial charge on any atom is -0.391 e. The average molecular weight is 510 g/mol. The van der Waals surface area contributed by atoms with Crippen molar-refractivity contribution in [1.82, 2.24) is 15.0 Å². The molecule has 1 atom stereocenters. The van der Waals surface area contributed by atoms with Crippen LogP contribution in [0.1, 0.15) is 36.2 Å². The van der Waals surface area contributed by atoms with Gasteiger partial charge in [0.1, 0.15) is 11.5 Å². The number of aliphatic hydroxyl groups is 1. The number of pyridine rings is 2. The number of carbonyl (C=O) groups excluding carboxylic acids is 1. The van der Waals surface area contributed by atoms with E-state index in [-0.39, 0.29) is 12.0 Å². The number of β-amino-alcohol motifs (C(OH)–C–C–N with tert-alkyl or cyclic N) is 1.